The zero-order valence-electron chi connectivity index (χ0n) is 11.8. The van der Waals surface area contributed by atoms with Crippen LogP contribution in [0, 0.1) is 5.82 Å². The largest absolute Gasteiger partial charge is 0.326 e. The highest BCUT2D eigenvalue weighted by molar-refractivity contribution is 7.89. The molecule has 1 aromatic carbocycles. The topological polar surface area (TPSA) is 72.2 Å². The Morgan fingerprint density at radius 2 is 1.90 bits per heavy atom. The molecule has 0 spiro atoms. The summed E-state index contributed by atoms with van der Waals surface area (Å²) >= 11 is 5.83. The lowest BCUT2D eigenvalue weighted by molar-refractivity contribution is 0.387. The standard InChI is InChI=1S/C13H20ClFN2O2S/c1-4-13(3,5-2)17-20(18,19)11-7-10(14)6-9(8-16)12(11)15/h6-7,17H,4-5,8,16H2,1-3H3. The number of benzene rings is 1. The van der Waals surface area contributed by atoms with E-state index in [2.05, 4.69) is 4.72 Å². The quantitative estimate of drug-likeness (QED) is 0.846. The normalized spacial score (nSPS) is 12.7. The Balaban J connectivity index is 3.33. The van der Waals surface area contributed by atoms with Gasteiger partial charge in [0.2, 0.25) is 10.0 Å². The first-order valence-electron chi connectivity index (χ1n) is 6.41. The molecule has 4 nitrogen and oxygen atoms in total. The molecule has 114 valence electrons. The van der Waals surface area contributed by atoms with Gasteiger partial charge in [-0.3, -0.25) is 0 Å². The van der Waals surface area contributed by atoms with Gasteiger partial charge < -0.3 is 5.73 Å². The lowest BCUT2D eigenvalue weighted by Gasteiger charge is -2.28. The number of nitrogens with two attached hydrogens (primary N) is 1. The van der Waals surface area contributed by atoms with Crippen molar-refractivity contribution in [3.8, 4) is 0 Å². The average molecular weight is 323 g/mol. The fourth-order valence-corrected chi connectivity index (χ4v) is 3.74. The summed E-state index contributed by atoms with van der Waals surface area (Å²) in [5.74, 6) is -0.848. The summed E-state index contributed by atoms with van der Waals surface area (Å²) < 4.78 is 41.4. The number of rotatable bonds is 6. The van der Waals surface area contributed by atoms with E-state index < -0.39 is 26.3 Å². The highest BCUT2D eigenvalue weighted by Gasteiger charge is 2.30. The molecule has 20 heavy (non-hydrogen) atoms. The van der Waals surface area contributed by atoms with Gasteiger partial charge >= 0.3 is 0 Å². The van der Waals surface area contributed by atoms with Crippen LogP contribution in [-0.4, -0.2) is 14.0 Å². The third-order valence-corrected chi connectivity index (χ3v) is 5.39. The SMILES string of the molecule is CCC(C)(CC)NS(=O)(=O)c1cc(Cl)cc(CN)c1F. The van der Waals surface area contributed by atoms with E-state index >= 15 is 0 Å². The van der Waals surface area contributed by atoms with Crippen molar-refractivity contribution >= 4 is 21.6 Å². The van der Waals surface area contributed by atoms with E-state index in [-0.39, 0.29) is 17.1 Å². The zero-order chi connectivity index (χ0) is 15.6. The summed E-state index contributed by atoms with van der Waals surface area (Å²) in [5, 5.41) is 0.141. The van der Waals surface area contributed by atoms with Gasteiger partial charge in [0.15, 0.2) is 0 Å². The minimum absolute atomic E-state index is 0.0765. The van der Waals surface area contributed by atoms with Gasteiger partial charge in [0.25, 0.3) is 0 Å². The molecular weight excluding hydrogens is 303 g/mol. The van der Waals surface area contributed by atoms with Crippen molar-refractivity contribution < 1.29 is 12.8 Å². The molecule has 0 atom stereocenters. The maximum atomic E-state index is 14.2. The van der Waals surface area contributed by atoms with E-state index in [1.807, 2.05) is 13.8 Å². The smallest absolute Gasteiger partial charge is 0.244 e. The lowest BCUT2D eigenvalue weighted by atomic mass is 9.98. The summed E-state index contributed by atoms with van der Waals surface area (Å²) in [5.41, 5.74) is 4.85. The molecule has 1 aromatic rings. The molecule has 1 rings (SSSR count). The molecule has 7 heteroatoms. The number of hydrogen-bond acceptors (Lipinski definition) is 3. The van der Waals surface area contributed by atoms with Crippen LogP contribution in [0.1, 0.15) is 39.2 Å². The van der Waals surface area contributed by atoms with Crippen LogP contribution < -0.4 is 10.5 Å². The van der Waals surface area contributed by atoms with E-state index in [1.165, 1.54) is 6.07 Å². The maximum absolute atomic E-state index is 14.2. The van der Waals surface area contributed by atoms with Crippen LogP contribution in [0.4, 0.5) is 4.39 Å². The molecule has 0 amide bonds. The van der Waals surface area contributed by atoms with Gasteiger partial charge in [0.1, 0.15) is 10.7 Å². The molecule has 0 saturated heterocycles. The van der Waals surface area contributed by atoms with Gasteiger partial charge in [-0.05, 0) is 31.9 Å². The van der Waals surface area contributed by atoms with Gasteiger partial charge in [0, 0.05) is 22.7 Å². The summed E-state index contributed by atoms with van der Waals surface area (Å²) in [6.07, 6.45) is 1.18. The Hall–Kier alpha value is -0.690. The minimum atomic E-state index is -3.99. The molecule has 0 aliphatic carbocycles. The number of hydrogen-bond donors (Lipinski definition) is 2. The van der Waals surface area contributed by atoms with Gasteiger partial charge in [-0.1, -0.05) is 25.4 Å². The van der Waals surface area contributed by atoms with Gasteiger partial charge in [-0.15, -0.1) is 0 Å². The van der Waals surface area contributed by atoms with Gasteiger partial charge in [-0.2, -0.15) is 0 Å². The number of nitrogens with one attached hydrogen (secondary N) is 1. The zero-order valence-corrected chi connectivity index (χ0v) is 13.4. The van der Waals surface area contributed by atoms with Crippen LogP contribution in [0.2, 0.25) is 5.02 Å². The van der Waals surface area contributed by atoms with Crippen molar-refractivity contribution in [2.24, 2.45) is 5.73 Å². The van der Waals surface area contributed by atoms with Crippen molar-refractivity contribution in [3.05, 3.63) is 28.5 Å². The summed E-state index contributed by atoms with van der Waals surface area (Å²) in [6, 6.07) is 2.43. The van der Waals surface area contributed by atoms with E-state index in [0.717, 1.165) is 6.07 Å². The van der Waals surface area contributed by atoms with Crippen molar-refractivity contribution in [2.75, 3.05) is 0 Å². The van der Waals surface area contributed by atoms with E-state index in [0.29, 0.717) is 12.8 Å². The molecule has 0 saturated carbocycles. The summed E-state index contributed by atoms with van der Waals surface area (Å²) in [4.78, 5) is -0.460. The Bertz CT molecular complexity index is 586. The Kier molecular flexibility index (Phi) is 5.54. The molecule has 0 bridgehead atoms. The van der Waals surface area contributed by atoms with E-state index in [9.17, 15) is 12.8 Å². The number of sulfonamides is 1. The third kappa shape index (κ3) is 3.69. The third-order valence-electron chi connectivity index (χ3n) is 3.53. The number of halogens is 2. The summed E-state index contributed by atoms with van der Waals surface area (Å²) in [6.45, 7) is 5.39. The first-order valence-corrected chi connectivity index (χ1v) is 8.27. The van der Waals surface area contributed by atoms with Gasteiger partial charge in [0.05, 0.1) is 0 Å². The van der Waals surface area contributed by atoms with Crippen LogP contribution in [0.5, 0.6) is 0 Å². The molecular formula is C13H20ClFN2O2S. The molecule has 0 radical (unpaired) electrons. The second kappa shape index (κ2) is 6.39. The minimum Gasteiger partial charge on any atom is -0.326 e. The maximum Gasteiger partial charge on any atom is 0.244 e. The van der Waals surface area contributed by atoms with Crippen LogP contribution in [-0.2, 0) is 16.6 Å². The molecule has 0 fully saturated rings. The summed E-state index contributed by atoms with van der Waals surface area (Å²) in [7, 11) is -3.99. The second-order valence-electron chi connectivity index (χ2n) is 4.95. The Labute approximate surface area is 124 Å². The highest BCUT2D eigenvalue weighted by Crippen LogP contribution is 2.26. The van der Waals surface area contributed by atoms with Crippen LogP contribution in [0.3, 0.4) is 0 Å². The van der Waals surface area contributed by atoms with Crippen molar-refractivity contribution in [1.82, 2.24) is 4.72 Å². The molecule has 0 unspecified atom stereocenters. The highest BCUT2D eigenvalue weighted by atomic mass is 35.5. The van der Waals surface area contributed by atoms with Crippen LogP contribution in [0.25, 0.3) is 0 Å². The van der Waals surface area contributed by atoms with E-state index in [4.69, 9.17) is 17.3 Å². The van der Waals surface area contributed by atoms with Crippen LogP contribution >= 0.6 is 11.6 Å². The van der Waals surface area contributed by atoms with Gasteiger partial charge in [-0.25, -0.2) is 17.5 Å². The molecule has 0 aliphatic rings. The molecule has 3 N–H and O–H groups in total. The van der Waals surface area contributed by atoms with Crippen molar-refractivity contribution in [2.45, 2.75) is 50.6 Å². The fraction of sp³-hybridized carbons (Fsp3) is 0.538. The van der Waals surface area contributed by atoms with Crippen molar-refractivity contribution in [1.29, 1.82) is 0 Å². The fourth-order valence-electron chi connectivity index (χ4n) is 1.74. The predicted octanol–water partition coefficient (Wildman–Crippen LogP) is 2.79. The first kappa shape index (κ1) is 17.4. The second-order valence-corrected chi connectivity index (χ2v) is 7.04. The first-order chi connectivity index (χ1) is 9.19. The molecule has 0 aromatic heterocycles. The Morgan fingerprint density at radius 1 is 1.35 bits per heavy atom. The Morgan fingerprint density at radius 3 is 2.35 bits per heavy atom. The van der Waals surface area contributed by atoms with E-state index in [1.54, 1.807) is 6.92 Å². The average Bonchev–Trinajstić information content (AvgIpc) is 2.40. The lowest BCUT2D eigenvalue weighted by Crippen LogP contribution is -2.45. The molecule has 0 heterocycles. The van der Waals surface area contributed by atoms with Crippen LogP contribution in [0.15, 0.2) is 17.0 Å². The predicted molar refractivity (Wildman–Crippen MR) is 78.6 cm³/mol. The monoisotopic (exact) mass is 322 g/mol. The molecule has 0 aliphatic heterocycles. The van der Waals surface area contributed by atoms with Crippen molar-refractivity contribution in [3.63, 3.8) is 0 Å².